The van der Waals surface area contributed by atoms with Crippen LogP contribution in [0.4, 0.5) is 5.95 Å². The fraction of sp³-hybridized carbons (Fsp3) is 0.111. The zero-order chi connectivity index (χ0) is 10.7. The molecule has 0 aliphatic rings. The summed E-state index contributed by atoms with van der Waals surface area (Å²) in [5.74, 6) is -0.0715. The number of carbonyl (C=O) groups is 1. The molecular formula is C9H9N5O. The predicted octanol–water partition coefficient (Wildman–Crippen LogP) is 0.760. The largest absolute Gasteiger partial charge is 0.288 e. The molecule has 6 nitrogen and oxygen atoms in total. The van der Waals surface area contributed by atoms with Gasteiger partial charge in [0.2, 0.25) is 0 Å². The van der Waals surface area contributed by atoms with Gasteiger partial charge in [-0.3, -0.25) is 10.1 Å². The summed E-state index contributed by atoms with van der Waals surface area (Å²) >= 11 is 0. The first-order chi connectivity index (χ1) is 7.27. The molecule has 1 heterocycles. The number of nitrogens with zero attached hydrogens (tertiary/aromatic N) is 3. The van der Waals surface area contributed by atoms with Crippen LogP contribution in [-0.4, -0.2) is 26.5 Å². The highest BCUT2D eigenvalue weighted by Gasteiger charge is 2.09. The number of aromatic nitrogens is 4. The maximum Gasteiger partial charge on any atom is 0.270 e. The second kappa shape index (κ2) is 3.87. The van der Waals surface area contributed by atoms with E-state index in [0.717, 1.165) is 5.56 Å². The highest BCUT2D eigenvalue weighted by Crippen LogP contribution is 2.08. The lowest BCUT2D eigenvalue weighted by Crippen LogP contribution is -2.14. The first kappa shape index (κ1) is 9.32. The summed E-state index contributed by atoms with van der Waals surface area (Å²) in [7, 11) is 0. The van der Waals surface area contributed by atoms with Crippen molar-refractivity contribution in [3.63, 3.8) is 0 Å². The van der Waals surface area contributed by atoms with Crippen LogP contribution in [0.15, 0.2) is 24.3 Å². The minimum absolute atomic E-state index is 0.170. The highest BCUT2D eigenvalue weighted by molar-refractivity contribution is 6.04. The molecule has 6 heteroatoms. The summed E-state index contributed by atoms with van der Waals surface area (Å²) in [5.41, 5.74) is 1.50. The Balaban J connectivity index is 2.19. The number of H-pyrrole nitrogens is 1. The molecule has 1 aromatic carbocycles. The van der Waals surface area contributed by atoms with E-state index in [1.165, 1.54) is 0 Å². The predicted molar refractivity (Wildman–Crippen MR) is 53.3 cm³/mol. The van der Waals surface area contributed by atoms with Gasteiger partial charge in [0, 0.05) is 5.56 Å². The Kier molecular flexibility index (Phi) is 2.40. The van der Waals surface area contributed by atoms with Crippen molar-refractivity contribution in [3.8, 4) is 0 Å². The first-order valence-electron chi connectivity index (χ1n) is 4.38. The van der Waals surface area contributed by atoms with E-state index < -0.39 is 0 Å². The molecule has 0 aliphatic heterocycles. The van der Waals surface area contributed by atoms with Crippen molar-refractivity contribution in [2.24, 2.45) is 0 Å². The second-order valence-electron chi connectivity index (χ2n) is 3.00. The number of nitrogens with one attached hydrogen (secondary N) is 2. The number of tetrazole rings is 1. The fourth-order valence-corrected chi connectivity index (χ4v) is 1.21. The molecule has 2 N–H and O–H groups in total. The zero-order valence-corrected chi connectivity index (χ0v) is 8.06. The maximum atomic E-state index is 11.7. The summed E-state index contributed by atoms with van der Waals surface area (Å²) in [4.78, 5) is 11.7. The van der Waals surface area contributed by atoms with Crippen LogP contribution in [0, 0.1) is 6.92 Å². The number of aromatic amines is 1. The Bertz CT molecular complexity index is 465. The lowest BCUT2D eigenvalue weighted by atomic mass is 10.1. The van der Waals surface area contributed by atoms with Crippen molar-refractivity contribution >= 4 is 11.9 Å². The SMILES string of the molecule is Cc1ccccc1C(=O)Nc1nn[nH]n1. The van der Waals surface area contributed by atoms with Gasteiger partial charge < -0.3 is 0 Å². The molecule has 2 aromatic rings. The van der Waals surface area contributed by atoms with Crippen LogP contribution in [0.5, 0.6) is 0 Å². The summed E-state index contributed by atoms with van der Waals surface area (Å²) in [6.45, 7) is 1.87. The molecule has 0 saturated heterocycles. The van der Waals surface area contributed by atoms with E-state index in [9.17, 15) is 4.79 Å². The van der Waals surface area contributed by atoms with Gasteiger partial charge in [-0.25, -0.2) is 0 Å². The minimum atomic E-state index is -0.241. The summed E-state index contributed by atoms with van der Waals surface area (Å²) in [5, 5.41) is 15.4. The van der Waals surface area contributed by atoms with Gasteiger partial charge in [-0.05, 0) is 23.8 Å². The van der Waals surface area contributed by atoms with Crippen LogP contribution in [0.2, 0.25) is 0 Å². The van der Waals surface area contributed by atoms with Crippen LogP contribution in [-0.2, 0) is 0 Å². The summed E-state index contributed by atoms with van der Waals surface area (Å²) in [6, 6.07) is 7.29. The van der Waals surface area contributed by atoms with E-state index in [2.05, 4.69) is 25.9 Å². The Morgan fingerprint density at radius 2 is 2.20 bits per heavy atom. The third-order valence-electron chi connectivity index (χ3n) is 1.96. The van der Waals surface area contributed by atoms with Crippen LogP contribution in [0.1, 0.15) is 15.9 Å². The number of benzene rings is 1. The molecular weight excluding hydrogens is 194 g/mol. The number of aryl methyl sites for hydroxylation is 1. The van der Waals surface area contributed by atoms with Crippen LogP contribution >= 0.6 is 0 Å². The van der Waals surface area contributed by atoms with E-state index in [0.29, 0.717) is 5.56 Å². The molecule has 0 unspecified atom stereocenters. The van der Waals surface area contributed by atoms with Gasteiger partial charge >= 0.3 is 0 Å². The zero-order valence-electron chi connectivity index (χ0n) is 8.06. The van der Waals surface area contributed by atoms with Gasteiger partial charge in [0.1, 0.15) is 0 Å². The van der Waals surface area contributed by atoms with E-state index in [-0.39, 0.29) is 11.9 Å². The molecule has 0 radical (unpaired) electrons. The van der Waals surface area contributed by atoms with Gasteiger partial charge in [-0.1, -0.05) is 23.3 Å². The number of carbonyl (C=O) groups excluding carboxylic acids is 1. The third kappa shape index (κ3) is 1.98. The lowest BCUT2D eigenvalue weighted by Gasteiger charge is -2.03. The summed E-state index contributed by atoms with van der Waals surface area (Å²) < 4.78 is 0. The van der Waals surface area contributed by atoms with Gasteiger partial charge in [0.05, 0.1) is 0 Å². The van der Waals surface area contributed by atoms with Crippen molar-refractivity contribution in [3.05, 3.63) is 35.4 Å². The van der Waals surface area contributed by atoms with E-state index >= 15 is 0 Å². The molecule has 0 aliphatic carbocycles. The Labute approximate surface area is 85.7 Å². The molecule has 0 spiro atoms. The Hall–Kier alpha value is -2.24. The standard InChI is InChI=1S/C9H9N5O/c1-6-4-2-3-5-7(6)8(15)10-9-11-13-14-12-9/h2-5H,1H3,(H2,10,11,12,13,14,15). The Morgan fingerprint density at radius 3 is 2.87 bits per heavy atom. The molecule has 2 rings (SSSR count). The molecule has 1 amide bonds. The van der Waals surface area contributed by atoms with Crippen molar-refractivity contribution in [2.75, 3.05) is 5.32 Å². The lowest BCUT2D eigenvalue weighted by molar-refractivity contribution is 0.102. The molecule has 0 saturated carbocycles. The van der Waals surface area contributed by atoms with E-state index in [4.69, 9.17) is 0 Å². The normalized spacial score (nSPS) is 9.93. The van der Waals surface area contributed by atoms with E-state index in [1.54, 1.807) is 12.1 Å². The van der Waals surface area contributed by atoms with Crippen molar-refractivity contribution < 1.29 is 4.79 Å². The molecule has 1 aromatic heterocycles. The number of hydrogen-bond donors (Lipinski definition) is 2. The van der Waals surface area contributed by atoms with Crippen molar-refractivity contribution in [2.45, 2.75) is 6.92 Å². The molecule has 0 fully saturated rings. The highest BCUT2D eigenvalue weighted by atomic mass is 16.1. The minimum Gasteiger partial charge on any atom is -0.288 e. The first-order valence-corrected chi connectivity index (χ1v) is 4.38. The van der Waals surface area contributed by atoms with Gasteiger partial charge in [-0.2, -0.15) is 5.21 Å². The monoisotopic (exact) mass is 203 g/mol. The quantitative estimate of drug-likeness (QED) is 0.754. The third-order valence-corrected chi connectivity index (χ3v) is 1.96. The van der Waals surface area contributed by atoms with Gasteiger partial charge in [0.15, 0.2) is 0 Å². The van der Waals surface area contributed by atoms with Crippen LogP contribution in [0.3, 0.4) is 0 Å². The topological polar surface area (TPSA) is 83.6 Å². The van der Waals surface area contributed by atoms with Crippen LogP contribution in [0.25, 0.3) is 0 Å². The molecule has 76 valence electrons. The number of anilines is 1. The smallest absolute Gasteiger partial charge is 0.270 e. The number of amides is 1. The average Bonchev–Trinajstić information content (AvgIpc) is 2.71. The number of rotatable bonds is 2. The molecule has 0 bridgehead atoms. The maximum absolute atomic E-state index is 11.7. The van der Waals surface area contributed by atoms with Crippen LogP contribution < -0.4 is 5.32 Å². The van der Waals surface area contributed by atoms with Crippen molar-refractivity contribution in [1.29, 1.82) is 0 Å². The Morgan fingerprint density at radius 1 is 1.40 bits per heavy atom. The second-order valence-corrected chi connectivity index (χ2v) is 3.00. The van der Waals surface area contributed by atoms with Gasteiger partial charge in [-0.15, -0.1) is 5.10 Å². The summed E-state index contributed by atoms with van der Waals surface area (Å²) in [6.07, 6.45) is 0. The fourth-order valence-electron chi connectivity index (χ4n) is 1.21. The molecule has 0 atom stereocenters. The average molecular weight is 203 g/mol. The van der Waals surface area contributed by atoms with Gasteiger partial charge in [0.25, 0.3) is 11.9 Å². The van der Waals surface area contributed by atoms with Crippen molar-refractivity contribution in [1.82, 2.24) is 20.6 Å². The van der Waals surface area contributed by atoms with E-state index in [1.807, 2.05) is 19.1 Å². The number of hydrogen-bond acceptors (Lipinski definition) is 4. The molecule has 15 heavy (non-hydrogen) atoms.